The summed E-state index contributed by atoms with van der Waals surface area (Å²) in [6.45, 7) is 0. The van der Waals surface area contributed by atoms with E-state index in [9.17, 15) is 4.79 Å². The van der Waals surface area contributed by atoms with Gasteiger partial charge in [0.05, 0.1) is 10.9 Å². The van der Waals surface area contributed by atoms with Crippen LogP contribution < -0.4 is 11.1 Å². The number of amides is 1. The summed E-state index contributed by atoms with van der Waals surface area (Å²) in [6, 6.07) is 7.44. The van der Waals surface area contributed by atoms with E-state index in [4.69, 9.17) is 17.3 Å². The second-order valence-corrected chi connectivity index (χ2v) is 7.70. The van der Waals surface area contributed by atoms with E-state index >= 15 is 0 Å². The van der Waals surface area contributed by atoms with Crippen molar-refractivity contribution in [3.05, 3.63) is 29.3 Å². The molecule has 4 rings (SSSR count). The summed E-state index contributed by atoms with van der Waals surface area (Å²) >= 11 is 7.50. The second-order valence-electron chi connectivity index (χ2n) is 6.32. The predicted octanol–water partition coefficient (Wildman–Crippen LogP) is 3.17. The van der Waals surface area contributed by atoms with Crippen LogP contribution in [0.1, 0.15) is 19.3 Å². The van der Waals surface area contributed by atoms with Crippen molar-refractivity contribution in [2.75, 3.05) is 5.32 Å². The zero-order valence-corrected chi connectivity index (χ0v) is 14.0. The summed E-state index contributed by atoms with van der Waals surface area (Å²) in [5.41, 5.74) is 7.05. The van der Waals surface area contributed by atoms with Crippen molar-refractivity contribution in [3.63, 3.8) is 0 Å². The normalized spacial score (nSPS) is 29.0. The average molecular weight is 349 g/mol. The minimum Gasteiger partial charge on any atom is -0.327 e. The van der Waals surface area contributed by atoms with Crippen LogP contribution in [0.2, 0.25) is 5.02 Å². The Balaban J connectivity index is 1.50. The third-order valence-electron chi connectivity index (χ3n) is 5.04. The Hall–Kier alpha value is -1.50. The molecule has 3 N–H and O–H groups in total. The van der Waals surface area contributed by atoms with Gasteiger partial charge in [0.2, 0.25) is 11.0 Å². The van der Waals surface area contributed by atoms with E-state index in [0.717, 1.165) is 24.8 Å². The van der Waals surface area contributed by atoms with E-state index in [2.05, 4.69) is 15.5 Å². The highest BCUT2D eigenvalue weighted by atomic mass is 35.5. The van der Waals surface area contributed by atoms with Crippen LogP contribution in [-0.4, -0.2) is 22.1 Å². The van der Waals surface area contributed by atoms with Gasteiger partial charge in [-0.15, -0.1) is 10.2 Å². The molecule has 4 unspecified atom stereocenters. The lowest BCUT2D eigenvalue weighted by Gasteiger charge is -2.26. The molecule has 1 amide bonds. The molecule has 0 spiro atoms. The molecule has 5 nitrogen and oxygen atoms in total. The number of anilines is 1. The summed E-state index contributed by atoms with van der Waals surface area (Å²) < 4.78 is 0. The van der Waals surface area contributed by atoms with Crippen molar-refractivity contribution in [1.82, 2.24) is 10.2 Å². The first-order chi connectivity index (χ1) is 11.1. The quantitative estimate of drug-likeness (QED) is 0.892. The number of nitrogens with two attached hydrogens (primary N) is 1. The number of fused-ring (bicyclic) bond motifs is 2. The predicted molar refractivity (Wildman–Crippen MR) is 91.3 cm³/mol. The van der Waals surface area contributed by atoms with Gasteiger partial charge in [0.25, 0.3) is 0 Å². The third kappa shape index (κ3) is 2.65. The Bertz CT molecular complexity index is 747. The number of aromatic nitrogens is 2. The number of nitrogens with zero attached hydrogens (tertiary/aromatic N) is 2. The largest absolute Gasteiger partial charge is 0.327 e. The van der Waals surface area contributed by atoms with Crippen LogP contribution in [0.3, 0.4) is 0 Å². The molecule has 1 heterocycles. The van der Waals surface area contributed by atoms with Crippen molar-refractivity contribution in [2.45, 2.75) is 25.3 Å². The molecule has 2 bridgehead atoms. The first-order valence-corrected chi connectivity index (χ1v) is 8.98. The fourth-order valence-electron chi connectivity index (χ4n) is 3.93. The van der Waals surface area contributed by atoms with Gasteiger partial charge in [0.15, 0.2) is 5.01 Å². The number of carbonyl (C=O) groups is 1. The maximum Gasteiger partial charge on any atom is 0.231 e. The highest BCUT2D eigenvalue weighted by molar-refractivity contribution is 7.18. The zero-order valence-electron chi connectivity index (χ0n) is 12.4. The smallest absolute Gasteiger partial charge is 0.231 e. The highest BCUT2D eigenvalue weighted by Crippen LogP contribution is 2.48. The molecule has 23 heavy (non-hydrogen) atoms. The molecule has 4 atom stereocenters. The van der Waals surface area contributed by atoms with Crippen LogP contribution in [0.4, 0.5) is 5.13 Å². The molecular weight excluding hydrogens is 332 g/mol. The van der Waals surface area contributed by atoms with Crippen molar-refractivity contribution in [1.29, 1.82) is 0 Å². The molecule has 2 aromatic rings. The third-order valence-corrected chi connectivity index (χ3v) is 6.24. The number of halogens is 1. The second kappa shape index (κ2) is 5.85. The van der Waals surface area contributed by atoms with E-state index in [1.165, 1.54) is 11.3 Å². The van der Waals surface area contributed by atoms with Crippen LogP contribution in [0.15, 0.2) is 24.3 Å². The first kappa shape index (κ1) is 15.1. The molecule has 2 aliphatic rings. The lowest BCUT2D eigenvalue weighted by Crippen LogP contribution is -2.42. The van der Waals surface area contributed by atoms with Crippen molar-refractivity contribution >= 4 is 34.0 Å². The van der Waals surface area contributed by atoms with Gasteiger partial charge in [0, 0.05) is 11.6 Å². The summed E-state index contributed by atoms with van der Waals surface area (Å²) in [5.74, 6) is 0.808. The molecular formula is C16H17ClN4OS. The SMILES string of the molecule is NC1C2CCC(C2)C1C(=O)Nc1nnc(-c2ccccc2Cl)s1. The lowest BCUT2D eigenvalue weighted by molar-refractivity contribution is -0.121. The minimum absolute atomic E-state index is 0.0217. The van der Waals surface area contributed by atoms with Crippen LogP contribution in [0, 0.1) is 17.8 Å². The van der Waals surface area contributed by atoms with Crippen molar-refractivity contribution < 1.29 is 4.79 Å². The molecule has 2 aliphatic carbocycles. The molecule has 0 radical (unpaired) electrons. The van der Waals surface area contributed by atoms with Crippen LogP contribution in [-0.2, 0) is 4.79 Å². The Kier molecular flexibility index (Phi) is 3.83. The van der Waals surface area contributed by atoms with Gasteiger partial charge in [-0.1, -0.05) is 41.1 Å². The van der Waals surface area contributed by atoms with Crippen LogP contribution >= 0.6 is 22.9 Å². The fraction of sp³-hybridized carbons (Fsp3) is 0.438. The van der Waals surface area contributed by atoms with Gasteiger partial charge in [-0.25, -0.2) is 0 Å². The van der Waals surface area contributed by atoms with E-state index in [1.807, 2.05) is 24.3 Å². The van der Waals surface area contributed by atoms with Crippen molar-refractivity contribution in [2.24, 2.45) is 23.5 Å². The van der Waals surface area contributed by atoms with Gasteiger partial charge < -0.3 is 11.1 Å². The monoisotopic (exact) mass is 348 g/mol. The van der Waals surface area contributed by atoms with E-state index in [0.29, 0.717) is 27.0 Å². The lowest BCUT2D eigenvalue weighted by atomic mass is 9.84. The Morgan fingerprint density at radius 3 is 2.78 bits per heavy atom. The number of hydrogen-bond acceptors (Lipinski definition) is 5. The molecule has 0 saturated heterocycles. The number of rotatable bonds is 3. The molecule has 2 saturated carbocycles. The fourth-order valence-corrected chi connectivity index (χ4v) is 5.00. The zero-order chi connectivity index (χ0) is 16.0. The summed E-state index contributed by atoms with van der Waals surface area (Å²) in [4.78, 5) is 12.5. The average Bonchev–Trinajstić information content (AvgIpc) is 3.23. The number of benzene rings is 1. The number of nitrogens with one attached hydrogen (secondary N) is 1. The number of carbonyl (C=O) groups excluding carboxylic acids is 1. The summed E-state index contributed by atoms with van der Waals surface area (Å²) in [7, 11) is 0. The van der Waals surface area contributed by atoms with E-state index < -0.39 is 0 Å². The van der Waals surface area contributed by atoms with E-state index in [-0.39, 0.29) is 17.9 Å². The van der Waals surface area contributed by atoms with Crippen LogP contribution in [0.5, 0.6) is 0 Å². The summed E-state index contributed by atoms with van der Waals surface area (Å²) in [6.07, 6.45) is 3.35. The van der Waals surface area contributed by atoms with Gasteiger partial charge in [-0.2, -0.15) is 0 Å². The molecule has 1 aromatic heterocycles. The maximum absolute atomic E-state index is 12.5. The van der Waals surface area contributed by atoms with Gasteiger partial charge >= 0.3 is 0 Å². The number of hydrogen-bond donors (Lipinski definition) is 2. The minimum atomic E-state index is -0.0959. The maximum atomic E-state index is 12.5. The van der Waals surface area contributed by atoms with Gasteiger partial charge in [0.1, 0.15) is 0 Å². The molecule has 120 valence electrons. The molecule has 2 fully saturated rings. The topological polar surface area (TPSA) is 80.9 Å². The van der Waals surface area contributed by atoms with Gasteiger partial charge in [-0.05, 0) is 37.2 Å². The molecule has 0 aliphatic heterocycles. The van der Waals surface area contributed by atoms with Crippen LogP contribution in [0.25, 0.3) is 10.6 Å². The first-order valence-electron chi connectivity index (χ1n) is 7.78. The Labute approximate surface area is 143 Å². The standard InChI is InChI=1S/C16H17ClN4OS/c17-11-4-2-1-3-10(11)15-20-21-16(23-15)19-14(22)12-8-5-6-9(7-8)13(12)18/h1-4,8-9,12-13H,5-7,18H2,(H,19,21,22). The van der Waals surface area contributed by atoms with E-state index in [1.54, 1.807) is 0 Å². The Morgan fingerprint density at radius 2 is 2.04 bits per heavy atom. The summed E-state index contributed by atoms with van der Waals surface area (Å²) in [5, 5.41) is 12.9. The van der Waals surface area contributed by atoms with Crippen molar-refractivity contribution in [3.8, 4) is 10.6 Å². The van der Waals surface area contributed by atoms with Gasteiger partial charge in [-0.3, -0.25) is 4.79 Å². The Morgan fingerprint density at radius 1 is 1.26 bits per heavy atom. The highest BCUT2D eigenvalue weighted by Gasteiger charge is 2.49. The molecule has 1 aromatic carbocycles. The molecule has 7 heteroatoms.